The Hall–Kier alpha value is -1.23. The number of halogens is 1. The van der Waals surface area contributed by atoms with Crippen molar-refractivity contribution in [2.45, 2.75) is 6.42 Å². The monoisotopic (exact) mass is 204 g/mol. The first kappa shape index (κ1) is 9.85. The standard InChI is InChI=1S/C7H9ClN2O3/c8-3-1-6-12-7(11)13-10-5-2-4-9-10/h2,4-5H,1,3,6H2. The molecule has 72 valence electrons. The van der Waals surface area contributed by atoms with Gasteiger partial charge in [0, 0.05) is 5.88 Å². The molecule has 1 rings (SSSR count). The van der Waals surface area contributed by atoms with Gasteiger partial charge in [0.05, 0.1) is 19.0 Å². The molecular formula is C7H9ClN2O3. The Balaban J connectivity index is 2.18. The third-order valence-corrected chi connectivity index (χ3v) is 1.41. The van der Waals surface area contributed by atoms with Gasteiger partial charge in [0.15, 0.2) is 0 Å². The second-order valence-corrected chi connectivity index (χ2v) is 2.52. The van der Waals surface area contributed by atoms with Gasteiger partial charge in [-0.25, -0.2) is 4.79 Å². The zero-order valence-electron chi connectivity index (χ0n) is 6.85. The van der Waals surface area contributed by atoms with Gasteiger partial charge in [0.1, 0.15) is 0 Å². The zero-order chi connectivity index (χ0) is 9.52. The van der Waals surface area contributed by atoms with Crippen LogP contribution in [0.4, 0.5) is 4.79 Å². The van der Waals surface area contributed by atoms with Gasteiger partial charge in [-0.15, -0.1) is 16.7 Å². The van der Waals surface area contributed by atoms with Crippen molar-refractivity contribution < 1.29 is 14.4 Å². The fourth-order valence-corrected chi connectivity index (χ4v) is 0.731. The van der Waals surface area contributed by atoms with Crippen molar-refractivity contribution in [3.63, 3.8) is 0 Å². The maximum absolute atomic E-state index is 10.8. The molecule has 0 spiro atoms. The number of carbonyl (C=O) groups is 1. The van der Waals surface area contributed by atoms with E-state index in [4.69, 9.17) is 11.6 Å². The van der Waals surface area contributed by atoms with Crippen LogP contribution in [-0.2, 0) is 4.74 Å². The van der Waals surface area contributed by atoms with Gasteiger partial charge in [0.2, 0.25) is 0 Å². The lowest BCUT2D eigenvalue weighted by molar-refractivity contribution is 0.0375. The molecule has 0 unspecified atom stereocenters. The minimum absolute atomic E-state index is 0.254. The van der Waals surface area contributed by atoms with Crippen molar-refractivity contribution in [3.8, 4) is 0 Å². The van der Waals surface area contributed by atoms with Crippen LogP contribution in [0.2, 0.25) is 0 Å². The van der Waals surface area contributed by atoms with Crippen molar-refractivity contribution in [2.75, 3.05) is 12.5 Å². The van der Waals surface area contributed by atoms with Crippen molar-refractivity contribution in [2.24, 2.45) is 0 Å². The summed E-state index contributed by atoms with van der Waals surface area (Å²) in [5, 5.41) is 3.65. The van der Waals surface area contributed by atoms with E-state index in [1.54, 1.807) is 6.07 Å². The molecule has 0 radical (unpaired) electrons. The van der Waals surface area contributed by atoms with E-state index in [0.29, 0.717) is 12.3 Å². The lowest BCUT2D eigenvalue weighted by Gasteiger charge is -2.02. The SMILES string of the molecule is O=C(OCCCCl)On1cccn1. The number of nitrogens with zero attached hydrogens (tertiary/aromatic N) is 2. The molecule has 6 heteroatoms. The number of ether oxygens (including phenoxy) is 1. The molecule has 1 aromatic heterocycles. The molecule has 0 saturated heterocycles. The predicted octanol–water partition coefficient (Wildman–Crippen LogP) is 1.08. The molecule has 1 aromatic rings. The van der Waals surface area contributed by atoms with Crippen LogP contribution >= 0.6 is 11.6 Å². The number of alkyl halides is 1. The van der Waals surface area contributed by atoms with E-state index in [1.807, 2.05) is 0 Å². The van der Waals surface area contributed by atoms with Crippen LogP contribution in [0.5, 0.6) is 0 Å². The van der Waals surface area contributed by atoms with Gasteiger partial charge in [-0.05, 0) is 12.5 Å². The smallest absolute Gasteiger partial charge is 0.433 e. The molecule has 0 N–H and O–H groups in total. The van der Waals surface area contributed by atoms with E-state index in [2.05, 4.69) is 14.7 Å². The van der Waals surface area contributed by atoms with Gasteiger partial charge in [-0.2, -0.15) is 0 Å². The third kappa shape index (κ3) is 3.80. The highest BCUT2D eigenvalue weighted by atomic mass is 35.5. The normalized spacial score (nSPS) is 9.62. The number of rotatable bonds is 4. The van der Waals surface area contributed by atoms with Crippen LogP contribution in [0.25, 0.3) is 0 Å². The van der Waals surface area contributed by atoms with Crippen LogP contribution in [-0.4, -0.2) is 28.6 Å². The van der Waals surface area contributed by atoms with Gasteiger partial charge in [0.25, 0.3) is 0 Å². The Morgan fingerprint density at radius 1 is 1.62 bits per heavy atom. The molecule has 0 atom stereocenters. The number of hydrogen-bond donors (Lipinski definition) is 0. The zero-order valence-corrected chi connectivity index (χ0v) is 7.61. The third-order valence-electron chi connectivity index (χ3n) is 1.15. The highest BCUT2D eigenvalue weighted by Crippen LogP contribution is 1.88. The Morgan fingerprint density at radius 2 is 2.46 bits per heavy atom. The van der Waals surface area contributed by atoms with Crippen LogP contribution in [0.3, 0.4) is 0 Å². The molecule has 0 aliphatic carbocycles. The molecule has 0 aliphatic heterocycles. The van der Waals surface area contributed by atoms with Crippen molar-refractivity contribution in [1.82, 2.24) is 9.94 Å². The molecule has 0 fully saturated rings. The molecule has 0 aromatic carbocycles. The molecular weight excluding hydrogens is 196 g/mol. The number of hydrogen-bond acceptors (Lipinski definition) is 4. The first-order valence-corrected chi connectivity index (χ1v) is 4.27. The van der Waals surface area contributed by atoms with Crippen LogP contribution in [0.1, 0.15) is 6.42 Å². The molecule has 0 saturated carbocycles. The summed E-state index contributed by atoms with van der Waals surface area (Å²) < 4.78 is 4.65. The minimum Gasteiger partial charge on any atom is -0.433 e. The van der Waals surface area contributed by atoms with Gasteiger partial charge < -0.3 is 4.74 Å². The number of carbonyl (C=O) groups excluding carboxylic acids is 1. The summed E-state index contributed by atoms with van der Waals surface area (Å²) in [6.45, 7) is 0.254. The van der Waals surface area contributed by atoms with Crippen LogP contribution < -0.4 is 4.84 Å². The lowest BCUT2D eigenvalue weighted by Crippen LogP contribution is -2.21. The summed E-state index contributed by atoms with van der Waals surface area (Å²) in [6, 6.07) is 1.63. The molecule has 0 bridgehead atoms. The molecule has 0 amide bonds. The molecule has 1 heterocycles. The fraction of sp³-hybridized carbons (Fsp3) is 0.429. The summed E-state index contributed by atoms with van der Waals surface area (Å²) >= 11 is 5.38. The van der Waals surface area contributed by atoms with E-state index in [1.165, 1.54) is 12.4 Å². The Bertz CT molecular complexity index is 250. The van der Waals surface area contributed by atoms with E-state index < -0.39 is 6.16 Å². The first-order chi connectivity index (χ1) is 6.33. The highest BCUT2D eigenvalue weighted by Gasteiger charge is 2.04. The highest BCUT2D eigenvalue weighted by molar-refractivity contribution is 6.17. The van der Waals surface area contributed by atoms with Crippen LogP contribution in [0, 0.1) is 0 Å². The molecule has 5 nitrogen and oxygen atoms in total. The van der Waals surface area contributed by atoms with E-state index in [9.17, 15) is 4.79 Å². The number of aromatic nitrogens is 2. The summed E-state index contributed by atoms with van der Waals surface area (Å²) in [4.78, 5) is 16.5. The van der Waals surface area contributed by atoms with E-state index in [-0.39, 0.29) is 6.61 Å². The summed E-state index contributed by atoms with van der Waals surface area (Å²) in [6.07, 6.45) is 2.80. The van der Waals surface area contributed by atoms with Crippen molar-refractivity contribution in [3.05, 3.63) is 18.5 Å². The Kier molecular flexibility index (Phi) is 4.11. The quantitative estimate of drug-likeness (QED) is 0.418. The molecule has 13 heavy (non-hydrogen) atoms. The van der Waals surface area contributed by atoms with Gasteiger partial charge in [-0.1, -0.05) is 4.85 Å². The van der Waals surface area contributed by atoms with Gasteiger partial charge >= 0.3 is 6.16 Å². The van der Waals surface area contributed by atoms with E-state index in [0.717, 1.165) is 4.85 Å². The van der Waals surface area contributed by atoms with Crippen molar-refractivity contribution >= 4 is 17.8 Å². The maximum Gasteiger partial charge on any atom is 0.535 e. The average molecular weight is 205 g/mol. The van der Waals surface area contributed by atoms with Crippen LogP contribution in [0.15, 0.2) is 18.5 Å². The first-order valence-electron chi connectivity index (χ1n) is 3.73. The second kappa shape index (κ2) is 5.42. The topological polar surface area (TPSA) is 53.4 Å². The Labute approximate surface area is 80.1 Å². The average Bonchev–Trinajstić information content (AvgIpc) is 2.57. The van der Waals surface area contributed by atoms with Gasteiger partial charge in [-0.3, -0.25) is 4.84 Å². The lowest BCUT2D eigenvalue weighted by atomic mass is 10.5. The molecule has 0 aliphatic rings. The van der Waals surface area contributed by atoms with E-state index >= 15 is 0 Å². The largest absolute Gasteiger partial charge is 0.535 e. The summed E-state index contributed by atoms with van der Waals surface area (Å²) in [7, 11) is 0. The van der Waals surface area contributed by atoms with Crippen molar-refractivity contribution in [1.29, 1.82) is 0 Å². The Morgan fingerprint density at radius 3 is 3.08 bits per heavy atom. The predicted molar refractivity (Wildman–Crippen MR) is 45.5 cm³/mol. The maximum atomic E-state index is 10.8. The summed E-state index contributed by atoms with van der Waals surface area (Å²) in [5.74, 6) is 0.453. The summed E-state index contributed by atoms with van der Waals surface area (Å²) in [5.41, 5.74) is 0. The second-order valence-electron chi connectivity index (χ2n) is 2.14. The minimum atomic E-state index is -0.784. The fourth-order valence-electron chi connectivity index (χ4n) is 0.622.